The molecule has 1 atom stereocenters. The van der Waals surface area contributed by atoms with Crippen LogP contribution in [0.15, 0.2) is 28.7 Å². The molecule has 0 aliphatic heterocycles. The molecule has 0 amide bonds. The fourth-order valence-corrected chi connectivity index (χ4v) is 2.15. The van der Waals surface area contributed by atoms with Gasteiger partial charge in [-0.15, -0.1) is 0 Å². The van der Waals surface area contributed by atoms with E-state index >= 15 is 0 Å². The Balaban J connectivity index is 2.28. The summed E-state index contributed by atoms with van der Waals surface area (Å²) in [7, 11) is 0. The van der Waals surface area contributed by atoms with E-state index in [9.17, 15) is 5.11 Å². The van der Waals surface area contributed by atoms with Crippen LogP contribution in [0.3, 0.4) is 0 Å². The van der Waals surface area contributed by atoms with E-state index in [0.717, 1.165) is 23.1 Å². The maximum atomic E-state index is 9.90. The monoisotopic (exact) mass is 329 g/mol. The SMILES string of the molecule is CCCC(C)(C)NCC(O)COc1ccc(Br)cc1. The predicted octanol–water partition coefficient (Wildman–Crippen LogP) is 3.36. The Hall–Kier alpha value is -0.580. The average molecular weight is 330 g/mol. The third-order valence-corrected chi connectivity index (χ3v) is 3.48. The molecule has 0 fully saturated rings. The average Bonchev–Trinajstić information content (AvgIpc) is 2.36. The lowest BCUT2D eigenvalue weighted by atomic mass is 9.99. The molecule has 0 aliphatic carbocycles. The standard InChI is InChI=1S/C15H24BrNO2/c1-4-9-15(2,3)17-10-13(18)11-19-14-7-5-12(16)6-8-14/h5-8,13,17-18H,4,9-11H2,1-3H3. The molecule has 0 saturated carbocycles. The number of benzene rings is 1. The van der Waals surface area contributed by atoms with Gasteiger partial charge in [-0.3, -0.25) is 0 Å². The highest BCUT2D eigenvalue weighted by Gasteiger charge is 2.17. The van der Waals surface area contributed by atoms with Crippen LogP contribution in [0.5, 0.6) is 5.75 Å². The van der Waals surface area contributed by atoms with Gasteiger partial charge < -0.3 is 15.2 Å². The lowest BCUT2D eigenvalue weighted by Crippen LogP contribution is -2.44. The number of hydrogen-bond donors (Lipinski definition) is 2. The lowest BCUT2D eigenvalue weighted by Gasteiger charge is -2.27. The van der Waals surface area contributed by atoms with Crippen LogP contribution in [-0.2, 0) is 0 Å². The molecule has 0 spiro atoms. The maximum Gasteiger partial charge on any atom is 0.119 e. The Bertz CT molecular complexity index is 365. The second-order valence-electron chi connectivity index (χ2n) is 5.43. The van der Waals surface area contributed by atoms with Crippen LogP contribution >= 0.6 is 15.9 Å². The molecule has 19 heavy (non-hydrogen) atoms. The molecule has 0 aliphatic rings. The number of ether oxygens (including phenoxy) is 1. The van der Waals surface area contributed by atoms with Gasteiger partial charge in [-0.25, -0.2) is 0 Å². The summed E-state index contributed by atoms with van der Waals surface area (Å²) in [5, 5.41) is 13.3. The molecule has 108 valence electrons. The number of β-amino-alcohol motifs (C(OH)–C–C–N with tert-alkyl or cyclic N) is 1. The Morgan fingerprint density at radius 2 is 1.95 bits per heavy atom. The summed E-state index contributed by atoms with van der Waals surface area (Å²) in [6.07, 6.45) is 1.72. The van der Waals surface area contributed by atoms with Gasteiger partial charge in [0.25, 0.3) is 0 Å². The topological polar surface area (TPSA) is 41.5 Å². The highest BCUT2D eigenvalue weighted by Crippen LogP contribution is 2.16. The smallest absolute Gasteiger partial charge is 0.119 e. The molecule has 0 heterocycles. The van der Waals surface area contributed by atoms with Gasteiger partial charge in [0.2, 0.25) is 0 Å². The van der Waals surface area contributed by atoms with Gasteiger partial charge >= 0.3 is 0 Å². The molecule has 3 nitrogen and oxygen atoms in total. The van der Waals surface area contributed by atoms with Crippen molar-refractivity contribution in [3.05, 3.63) is 28.7 Å². The van der Waals surface area contributed by atoms with Crippen molar-refractivity contribution in [1.82, 2.24) is 5.32 Å². The van der Waals surface area contributed by atoms with E-state index in [-0.39, 0.29) is 5.54 Å². The molecule has 1 rings (SSSR count). The normalized spacial score (nSPS) is 13.3. The minimum Gasteiger partial charge on any atom is -0.491 e. The number of aliphatic hydroxyl groups excluding tert-OH is 1. The largest absolute Gasteiger partial charge is 0.491 e. The zero-order valence-electron chi connectivity index (χ0n) is 11.9. The summed E-state index contributed by atoms with van der Waals surface area (Å²) in [6, 6.07) is 7.60. The summed E-state index contributed by atoms with van der Waals surface area (Å²) in [5.74, 6) is 0.773. The van der Waals surface area contributed by atoms with Gasteiger partial charge in [0.05, 0.1) is 0 Å². The zero-order chi connectivity index (χ0) is 14.3. The second kappa shape index (κ2) is 7.88. The molecular weight excluding hydrogens is 306 g/mol. The fourth-order valence-electron chi connectivity index (χ4n) is 1.89. The molecule has 0 saturated heterocycles. The van der Waals surface area contributed by atoms with Gasteiger partial charge in [0.15, 0.2) is 0 Å². The van der Waals surface area contributed by atoms with Crippen molar-refractivity contribution in [2.75, 3.05) is 13.2 Å². The molecule has 1 aromatic carbocycles. The van der Waals surface area contributed by atoms with Crippen molar-refractivity contribution < 1.29 is 9.84 Å². The van der Waals surface area contributed by atoms with Crippen LogP contribution in [-0.4, -0.2) is 29.9 Å². The number of halogens is 1. The molecule has 1 unspecified atom stereocenters. The highest BCUT2D eigenvalue weighted by molar-refractivity contribution is 9.10. The van der Waals surface area contributed by atoms with E-state index < -0.39 is 6.10 Å². The van der Waals surface area contributed by atoms with E-state index in [1.54, 1.807) is 0 Å². The number of hydrogen-bond acceptors (Lipinski definition) is 3. The maximum absolute atomic E-state index is 9.90. The fraction of sp³-hybridized carbons (Fsp3) is 0.600. The highest BCUT2D eigenvalue weighted by atomic mass is 79.9. The Morgan fingerprint density at radius 3 is 2.53 bits per heavy atom. The van der Waals surface area contributed by atoms with Crippen LogP contribution in [0.2, 0.25) is 0 Å². The van der Waals surface area contributed by atoms with Gasteiger partial charge in [0, 0.05) is 16.6 Å². The van der Waals surface area contributed by atoms with Crippen molar-refractivity contribution in [2.45, 2.75) is 45.3 Å². The molecule has 4 heteroatoms. The van der Waals surface area contributed by atoms with Crippen molar-refractivity contribution in [3.63, 3.8) is 0 Å². The number of rotatable bonds is 8. The first-order chi connectivity index (χ1) is 8.93. The van der Waals surface area contributed by atoms with Gasteiger partial charge in [-0.05, 0) is 44.5 Å². The van der Waals surface area contributed by atoms with Gasteiger partial charge in [0.1, 0.15) is 18.5 Å². The summed E-state index contributed by atoms with van der Waals surface area (Å²) in [5.41, 5.74) is 0.0628. The summed E-state index contributed by atoms with van der Waals surface area (Å²) >= 11 is 3.37. The first kappa shape index (κ1) is 16.5. The van der Waals surface area contributed by atoms with E-state index in [1.807, 2.05) is 24.3 Å². The van der Waals surface area contributed by atoms with Crippen LogP contribution in [0.1, 0.15) is 33.6 Å². The second-order valence-corrected chi connectivity index (χ2v) is 6.35. The molecule has 2 N–H and O–H groups in total. The van der Waals surface area contributed by atoms with Crippen molar-refractivity contribution in [2.24, 2.45) is 0 Å². The quantitative estimate of drug-likeness (QED) is 0.768. The summed E-state index contributed by atoms with van der Waals surface area (Å²) in [6.45, 7) is 7.31. The molecule has 1 aromatic rings. The predicted molar refractivity (Wildman–Crippen MR) is 82.6 cm³/mol. The number of aliphatic hydroxyl groups is 1. The third-order valence-electron chi connectivity index (χ3n) is 2.95. The summed E-state index contributed by atoms with van der Waals surface area (Å²) in [4.78, 5) is 0. The van der Waals surface area contributed by atoms with E-state index in [1.165, 1.54) is 0 Å². The van der Waals surface area contributed by atoms with E-state index in [0.29, 0.717) is 13.2 Å². The lowest BCUT2D eigenvalue weighted by molar-refractivity contribution is 0.0981. The van der Waals surface area contributed by atoms with Crippen LogP contribution in [0.25, 0.3) is 0 Å². The first-order valence-electron chi connectivity index (χ1n) is 6.74. The van der Waals surface area contributed by atoms with Crippen molar-refractivity contribution in [1.29, 1.82) is 0 Å². The van der Waals surface area contributed by atoms with Crippen LogP contribution in [0, 0.1) is 0 Å². The van der Waals surface area contributed by atoms with E-state index in [4.69, 9.17) is 4.74 Å². The van der Waals surface area contributed by atoms with E-state index in [2.05, 4.69) is 42.0 Å². The molecule has 0 radical (unpaired) electrons. The van der Waals surface area contributed by atoms with Crippen LogP contribution < -0.4 is 10.1 Å². The van der Waals surface area contributed by atoms with Gasteiger partial charge in [-0.1, -0.05) is 29.3 Å². The Kier molecular flexibility index (Phi) is 6.83. The Morgan fingerprint density at radius 1 is 1.32 bits per heavy atom. The first-order valence-corrected chi connectivity index (χ1v) is 7.54. The van der Waals surface area contributed by atoms with Crippen molar-refractivity contribution in [3.8, 4) is 5.75 Å². The summed E-state index contributed by atoms with van der Waals surface area (Å²) < 4.78 is 6.55. The number of nitrogens with one attached hydrogen (secondary N) is 1. The third kappa shape index (κ3) is 6.95. The van der Waals surface area contributed by atoms with Crippen LogP contribution in [0.4, 0.5) is 0 Å². The Labute approximate surface area is 124 Å². The zero-order valence-corrected chi connectivity index (χ0v) is 13.5. The van der Waals surface area contributed by atoms with Crippen molar-refractivity contribution >= 4 is 15.9 Å². The minimum absolute atomic E-state index is 0.0628. The van der Waals surface area contributed by atoms with Gasteiger partial charge in [-0.2, -0.15) is 0 Å². The molecular formula is C15H24BrNO2. The molecule has 0 bridgehead atoms. The minimum atomic E-state index is -0.500. The molecule has 0 aromatic heterocycles.